The van der Waals surface area contributed by atoms with Crippen molar-refractivity contribution in [1.29, 1.82) is 0 Å². The molecule has 1 heterocycles. The molecule has 0 aromatic carbocycles. The Hall–Kier alpha value is -0.930. The normalized spacial score (nSPS) is 44.8. The standard InChI is InChI=1S/C22H36N2O6/c1-23(2)8-3-9-24(20(25)26)19-4-6-21(7-5-19)27-29-22(30-28-21)17-11-15-10-16(13-17)14-18(22)12-15/h15-19H,3-14H2,1-2H3,(H,25,26). The minimum absolute atomic E-state index is 0.0143. The molecule has 0 radical (unpaired) electrons. The molecule has 1 aliphatic heterocycles. The minimum Gasteiger partial charge on any atom is -0.465 e. The van der Waals surface area contributed by atoms with E-state index in [4.69, 9.17) is 19.6 Å². The lowest BCUT2D eigenvalue weighted by Gasteiger charge is -2.60. The van der Waals surface area contributed by atoms with Gasteiger partial charge in [0.1, 0.15) is 0 Å². The Kier molecular flexibility index (Phi) is 5.51. The van der Waals surface area contributed by atoms with Crippen LogP contribution in [0.5, 0.6) is 0 Å². The summed E-state index contributed by atoms with van der Waals surface area (Å²) in [7, 11) is 4.01. The fourth-order valence-corrected chi connectivity index (χ4v) is 6.94. The van der Waals surface area contributed by atoms with Crippen molar-refractivity contribution in [2.75, 3.05) is 27.2 Å². The fourth-order valence-electron chi connectivity index (χ4n) is 6.94. The van der Waals surface area contributed by atoms with Crippen molar-refractivity contribution >= 4 is 6.09 Å². The Morgan fingerprint density at radius 1 is 0.900 bits per heavy atom. The van der Waals surface area contributed by atoms with Crippen LogP contribution in [0.25, 0.3) is 0 Å². The third kappa shape index (κ3) is 3.64. The van der Waals surface area contributed by atoms with Gasteiger partial charge >= 0.3 is 6.09 Å². The first-order chi connectivity index (χ1) is 14.4. The maximum atomic E-state index is 11.8. The molecule has 1 saturated heterocycles. The number of carboxylic acid groups (broad SMARTS) is 1. The highest BCUT2D eigenvalue weighted by molar-refractivity contribution is 5.65. The molecule has 170 valence electrons. The van der Waals surface area contributed by atoms with Crippen LogP contribution in [-0.2, 0) is 19.6 Å². The van der Waals surface area contributed by atoms with Crippen LogP contribution in [-0.4, -0.2) is 65.8 Å². The number of rotatable bonds is 5. The Morgan fingerprint density at radius 2 is 1.47 bits per heavy atom. The van der Waals surface area contributed by atoms with Crippen LogP contribution in [0.2, 0.25) is 0 Å². The van der Waals surface area contributed by atoms with E-state index < -0.39 is 17.7 Å². The zero-order chi connectivity index (χ0) is 20.9. The van der Waals surface area contributed by atoms with Crippen molar-refractivity contribution in [3.8, 4) is 0 Å². The van der Waals surface area contributed by atoms with Crippen molar-refractivity contribution in [3.05, 3.63) is 0 Å². The van der Waals surface area contributed by atoms with Crippen LogP contribution in [0.1, 0.15) is 64.2 Å². The monoisotopic (exact) mass is 424 g/mol. The number of hydrogen-bond donors (Lipinski definition) is 1. The lowest BCUT2D eigenvalue weighted by atomic mass is 9.53. The molecule has 4 bridgehead atoms. The number of hydrogen-bond acceptors (Lipinski definition) is 6. The van der Waals surface area contributed by atoms with Gasteiger partial charge in [-0.2, -0.15) is 19.6 Å². The van der Waals surface area contributed by atoms with Crippen LogP contribution in [0, 0.1) is 23.7 Å². The van der Waals surface area contributed by atoms with Crippen molar-refractivity contribution in [1.82, 2.24) is 9.80 Å². The minimum atomic E-state index is -0.899. The highest BCUT2D eigenvalue weighted by atomic mass is 17.4. The Bertz CT molecular complexity index is 608. The van der Waals surface area contributed by atoms with Gasteiger partial charge in [-0.3, -0.25) is 0 Å². The second-order valence-electron chi connectivity index (χ2n) is 10.6. The molecule has 0 unspecified atom stereocenters. The molecule has 5 aliphatic carbocycles. The van der Waals surface area contributed by atoms with Crippen molar-refractivity contribution < 1.29 is 29.5 Å². The summed E-state index contributed by atoms with van der Waals surface area (Å²) >= 11 is 0. The average molecular weight is 425 g/mol. The SMILES string of the molecule is CN(C)CCCN(C(=O)O)C1CCC2(CC1)OOC1(OO2)C2CC3CC(C2)CC1C3. The van der Waals surface area contributed by atoms with Gasteiger partial charge < -0.3 is 14.9 Å². The summed E-state index contributed by atoms with van der Waals surface area (Å²) in [6.45, 7) is 1.43. The lowest BCUT2D eigenvalue weighted by molar-refractivity contribution is -0.680. The summed E-state index contributed by atoms with van der Waals surface area (Å²) in [6, 6.07) is -0.0143. The summed E-state index contributed by atoms with van der Waals surface area (Å²) in [5, 5.41) is 9.68. The van der Waals surface area contributed by atoms with Crippen molar-refractivity contribution in [2.45, 2.75) is 81.8 Å². The molecule has 6 rings (SSSR count). The maximum absolute atomic E-state index is 11.8. The third-order valence-corrected chi connectivity index (χ3v) is 8.33. The van der Waals surface area contributed by atoms with Gasteiger partial charge in [0.05, 0.1) is 0 Å². The zero-order valence-corrected chi connectivity index (χ0v) is 18.3. The van der Waals surface area contributed by atoms with E-state index in [9.17, 15) is 9.90 Å². The predicted octanol–water partition coefficient (Wildman–Crippen LogP) is 3.62. The van der Waals surface area contributed by atoms with E-state index in [1.54, 1.807) is 4.90 Å². The van der Waals surface area contributed by atoms with E-state index in [2.05, 4.69) is 4.90 Å². The Balaban J connectivity index is 1.17. The van der Waals surface area contributed by atoms with E-state index in [0.29, 0.717) is 44.1 Å². The first kappa shape index (κ1) is 20.9. The van der Waals surface area contributed by atoms with E-state index in [1.807, 2.05) is 14.1 Å². The molecule has 8 heteroatoms. The summed E-state index contributed by atoms with van der Waals surface area (Å²) in [5.74, 6) is 0.722. The molecule has 1 amide bonds. The first-order valence-corrected chi connectivity index (χ1v) is 11.8. The molecule has 1 N–H and O–H groups in total. The topological polar surface area (TPSA) is 80.7 Å². The number of amides is 1. The molecular formula is C22H36N2O6. The van der Waals surface area contributed by atoms with Crippen LogP contribution in [0.15, 0.2) is 0 Å². The largest absolute Gasteiger partial charge is 0.465 e. The fraction of sp³-hybridized carbons (Fsp3) is 0.955. The second-order valence-corrected chi connectivity index (χ2v) is 10.6. The zero-order valence-electron chi connectivity index (χ0n) is 18.3. The van der Waals surface area contributed by atoms with Gasteiger partial charge in [-0.25, -0.2) is 4.79 Å². The molecule has 30 heavy (non-hydrogen) atoms. The van der Waals surface area contributed by atoms with Crippen LogP contribution >= 0.6 is 0 Å². The molecule has 0 aromatic heterocycles. The maximum Gasteiger partial charge on any atom is 0.407 e. The van der Waals surface area contributed by atoms with Crippen LogP contribution in [0.4, 0.5) is 4.79 Å². The van der Waals surface area contributed by atoms with Gasteiger partial charge in [0.25, 0.3) is 0 Å². The van der Waals surface area contributed by atoms with Gasteiger partial charge in [-0.15, -0.1) is 0 Å². The van der Waals surface area contributed by atoms with Gasteiger partial charge in [0.15, 0.2) is 0 Å². The molecule has 6 aliphatic rings. The third-order valence-electron chi connectivity index (χ3n) is 8.33. The molecule has 5 saturated carbocycles. The van der Waals surface area contributed by atoms with Crippen molar-refractivity contribution in [2.24, 2.45) is 23.7 Å². The lowest BCUT2D eigenvalue weighted by Crippen LogP contribution is -2.65. The summed E-state index contributed by atoms with van der Waals surface area (Å²) in [6.07, 6.45) is 8.46. The molecule has 0 atom stereocenters. The summed E-state index contributed by atoms with van der Waals surface area (Å²) in [5.41, 5.74) is 0. The van der Waals surface area contributed by atoms with Gasteiger partial charge in [-0.1, -0.05) is 0 Å². The molecule has 0 aromatic rings. The molecular weight excluding hydrogens is 388 g/mol. The van der Waals surface area contributed by atoms with Crippen molar-refractivity contribution in [3.63, 3.8) is 0 Å². The van der Waals surface area contributed by atoms with E-state index in [1.165, 1.54) is 6.42 Å². The average Bonchev–Trinajstić information content (AvgIpc) is 2.71. The van der Waals surface area contributed by atoms with E-state index in [-0.39, 0.29) is 6.04 Å². The van der Waals surface area contributed by atoms with Gasteiger partial charge in [0, 0.05) is 37.3 Å². The second kappa shape index (κ2) is 7.89. The molecule has 6 fully saturated rings. The van der Waals surface area contributed by atoms with Gasteiger partial charge in [-0.05, 0) is 83.8 Å². The van der Waals surface area contributed by atoms with Crippen LogP contribution < -0.4 is 0 Å². The highest BCUT2D eigenvalue weighted by Crippen LogP contribution is 2.61. The predicted molar refractivity (Wildman–Crippen MR) is 107 cm³/mol. The van der Waals surface area contributed by atoms with Crippen LogP contribution in [0.3, 0.4) is 0 Å². The quantitative estimate of drug-likeness (QED) is 0.675. The van der Waals surface area contributed by atoms with Gasteiger partial charge in [0.2, 0.25) is 11.6 Å². The summed E-state index contributed by atoms with van der Waals surface area (Å²) in [4.78, 5) is 39.6. The first-order valence-electron chi connectivity index (χ1n) is 11.8. The Labute approximate surface area is 178 Å². The highest BCUT2D eigenvalue weighted by Gasteiger charge is 2.64. The number of nitrogens with zero attached hydrogens (tertiary/aromatic N) is 2. The van der Waals surface area contributed by atoms with E-state index >= 15 is 0 Å². The smallest absolute Gasteiger partial charge is 0.407 e. The van der Waals surface area contributed by atoms with E-state index in [0.717, 1.165) is 50.5 Å². The molecule has 2 spiro atoms. The Morgan fingerprint density at radius 3 is 1.97 bits per heavy atom. The number of carbonyl (C=O) groups is 1. The summed E-state index contributed by atoms with van der Waals surface area (Å²) < 4.78 is 0. The molecule has 8 nitrogen and oxygen atoms in total.